The average Bonchev–Trinajstić information content (AvgIpc) is 2.37. The minimum Gasteiger partial charge on any atom is -0.508 e. The number of likely N-dealkylation sites (tertiary alicyclic amines) is 1. The number of hydrogen-bond acceptors (Lipinski definition) is 4. The van der Waals surface area contributed by atoms with Crippen LogP contribution in [-0.2, 0) is 0 Å². The number of hydrogen-bond donors (Lipinski definition) is 3. The van der Waals surface area contributed by atoms with Gasteiger partial charge in [-0.25, -0.2) is 0 Å². The molecule has 1 aliphatic heterocycles. The molecule has 104 valence electrons. The Balaban J connectivity index is 1.93. The molecule has 19 heavy (non-hydrogen) atoms. The summed E-state index contributed by atoms with van der Waals surface area (Å²) in [5.41, 5.74) is 0.191. The Morgan fingerprint density at radius 3 is 2.89 bits per heavy atom. The number of piperidine rings is 1. The van der Waals surface area contributed by atoms with Crippen molar-refractivity contribution in [3.63, 3.8) is 0 Å². The Bertz CT molecular complexity index is 462. The van der Waals surface area contributed by atoms with Crippen LogP contribution in [0, 0.1) is 0 Å². The number of carbonyl (C=O) groups excluding carboxylic acids is 1. The summed E-state index contributed by atoms with van der Waals surface area (Å²) in [5.74, 6) is -0.563. The first-order valence-corrected chi connectivity index (χ1v) is 6.58. The number of aromatic hydroxyl groups is 2. The highest BCUT2D eigenvalue weighted by molar-refractivity contribution is 5.97. The molecule has 1 aromatic carbocycles. The second-order valence-electron chi connectivity index (χ2n) is 5.04. The number of likely N-dealkylation sites (N-methyl/N-ethyl adjacent to an activating group) is 1. The molecule has 0 radical (unpaired) electrons. The fourth-order valence-electron chi connectivity index (χ4n) is 2.42. The summed E-state index contributed by atoms with van der Waals surface area (Å²) in [6, 6.07) is 4.34. The molecule has 1 aliphatic rings. The van der Waals surface area contributed by atoms with E-state index in [9.17, 15) is 15.0 Å². The van der Waals surface area contributed by atoms with Gasteiger partial charge in [-0.05, 0) is 38.6 Å². The molecule has 5 heteroatoms. The van der Waals surface area contributed by atoms with Crippen molar-refractivity contribution in [2.45, 2.75) is 25.3 Å². The highest BCUT2D eigenvalue weighted by Gasteiger charge is 2.20. The molecule has 0 saturated carbocycles. The van der Waals surface area contributed by atoms with Crippen LogP contribution in [0.15, 0.2) is 18.2 Å². The summed E-state index contributed by atoms with van der Waals surface area (Å²) in [5, 5.41) is 21.6. The Hall–Kier alpha value is -1.75. The summed E-state index contributed by atoms with van der Waals surface area (Å²) in [7, 11) is 2.06. The third-order valence-electron chi connectivity index (χ3n) is 3.65. The van der Waals surface area contributed by atoms with E-state index >= 15 is 0 Å². The molecule has 0 bridgehead atoms. The first-order chi connectivity index (χ1) is 9.08. The van der Waals surface area contributed by atoms with Crippen LogP contribution < -0.4 is 5.32 Å². The predicted octanol–water partition coefficient (Wildman–Crippen LogP) is 1.31. The number of amides is 1. The Morgan fingerprint density at radius 1 is 1.42 bits per heavy atom. The quantitative estimate of drug-likeness (QED) is 0.769. The molecule has 0 aliphatic carbocycles. The van der Waals surface area contributed by atoms with Gasteiger partial charge in [0, 0.05) is 18.7 Å². The van der Waals surface area contributed by atoms with Crippen LogP contribution >= 0.6 is 0 Å². The minimum atomic E-state index is -0.309. The van der Waals surface area contributed by atoms with Crippen LogP contribution in [0.1, 0.15) is 29.6 Å². The van der Waals surface area contributed by atoms with Gasteiger partial charge in [-0.3, -0.25) is 4.79 Å². The van der Waals surface area contributed by atoms with E-state index in [-0.39, 0.29) is 23.0 Å². The Labute approximate surface area is 112 Å². The smallest absolute Gasteiger partial charge is 0.255 e. The van der Waals surface area contributed by atoms with Gasteiger partial charge in [0.15, 0.2) is 0 Å². The number of nitrogens with zero attached hydrogens (tertiary/aromatic N) is 1. The van der Waals surface area contributed by atoms with Gasteiger partial charge in [0.2, 0.25) is 0 Å². The number of carbonyl (C=O) groups is 1. The molecule has 1 amide bonds. The fraction of sp³-hybridized carbons (Fsp3) is 0.500. The van der Waals surface area contributed by atoms with Crippen molar-refractivity contribution in [1.82, 2.24) is 10.2 Å². The first kappa shape index (κ1) is 13.7. The molecule has 1 unspecified atom stereocenters. The lowest BCUT2D eigenvalue weighted by Gasteiger charge is -2.32. The zero-order chi connectivity index (χ0) is 13.8. The van der Waals surface area contributed by atoms with Gasteiger partial charge in [0.05, 0.1) is 5.56 Å². The normalized spacial score (nSPS) is 20.2. The maximum absolute atomic E-state index is 12.0. The van der Waals surface area contributed by atoms with E-state index in [0.29, 0.717) is 12.6 Å². The highest BCUT2D eigenvalue weighted by atomic mass is 16.3. The van der Waals surface area contributed by atoms with Crippen molar-refractivity contribution in [3.8, 4) is 11.5 Å². The van der Waals surface area contributed by atoms with Gasteiger partial charge < -0.3 is 20.4 Å². The van der Waals surface area contributed by atoms with Gasteiger partial charge >= 0.3 is 0 Å². The average molecular weight is 264 g/mol. The number of rotatable bonds is 3. The van der Waals surface area contributed by atoms with E-state index in [4.69, 9.17) is 0 Å². The van der Waals surface area contributed by atoms with E-state index < -0.39 is 0 Å². The Morgan fingerprint density at radius 2 is 2.21 bits per heavy atom. The molecule has 1 saturated heterocycles. The molecule has 3 N–H and O–H groups in total. The van der Waals surface area contributed by atoms with Gasteiger partial charge in [0.1, 0.15) is 11.5 Å². The summed E-state index contributed by atoms with van der Waals surface area (Å²) in [6.45, 7) is 1.64. The van der Waals surface area contributed by atoms with E-state index in [1.54, 1.807) is 0 Å². The molecular weight excluding hydrogens is 244 g/mol. The summed E-state index contributed by atoms with van der Waals surface area (Å²) < 4.78 is 0. The van der Waals surface area contributed by atoms with Crippen LogP contribution in [0.2, 0.25) is 0 Å². The lowest BCUT2D eigenvalue weighted by molar-refractivity contribution is 0.0926. The third kappa shape index (κ3) is 3.38. The van der Waals surface area contributed by atoms with Crippen molar-refractivity contribution in [3.05, 3.63) is 23.8 Å². The molecule has 0 spiro atoms. The second-order valence-corrected chi connectivity index (χ2v) is 5.04. The van der Waals surface area contributed by atoms with E-state index in [0.717, 1.165) is 13.0 Å². The molecule has 1 fully saturated rings. The maximum atomic E-state index is 12.0. The van der Waals surface area contributed by atoms with E-state index in [1.807, 2.05) is 0 Å². The molecule has 1 heterocycles. The molecule has 0 aromatic heterocycles. The lowest BCUT2D eigenvalue weighted by atomic mass is 10.0. The number of phenols is 2. The van der Waals surface area contributed by atoms with Crippen LogP contribution in [0.5, 0.6) is 11.5 Å². The van der Waals surface area contributed by atoms with Gasteiger partial charge in [-0.1, -0.05) is 6.42 Å². The molecular formula is C14H20N2O3. The van der Waals surface area contributed by atoms with Crippen molar-refractivity contribution in [2.75, 3.05) is 20.1 Å². The van der Waals surface area contributed by atoms with Crippen LogP contribution in [-0.4, -0.2) is 47.2 Å². The fourth-order valence-corrected chi connectivity index (χ4v) is 2.42. The first-order valence-electron chi connectivity index (χ1n) is 6.58. The summed E-state index contributed by atoms with van der Waals surface area (Å²) >= 11 is 0. The topological polar surface area (TPSA) is 72.8 Å². The SMILES string of the molecule is CN1CCCCC1CNC(=O)c1ccc(O)cc1O. The number of phenolic OH excluding ortho intramolecular Hbond substituents is 2. The third-order valence-corrected chi connectivity index (χ3v) is 3.65. The largest absolute Gasteiger partial charge is 0.508 e. The monoisotopic (exact) mass is 264 g/mol. The highest BCUT2D eigenvalue weighted by Crippen LogP contribution is 2.22. The number of benzene rings is 1. The summed E-state index contributed by atoms with van der Waals surface area (Å²) in [6.07, 6.45) is 3.48. The molecule has 2 rings (SSSR count). The van der Waals surface area contributed by atoms with Crippen molar-refractivity contribution in [2.24, 2.45) is 0 Å². The maximum Gasteiger partial charge on any atom is 0.255 e. The van der Waals surface area contributed by atoms with Crippen LogP contribution in [0.4, 0.5) is 0 Å². The molecule has 1 aromatic rings. The van der Waals surface area contributed by atoms with Gasteiger partial charge in [-0.15, -0.1) is 0 Å². The van der Waals surface area contributed by atoms with Gasteiger partial charge in [-0.2, -0.15) is 0 Å². The van der Waals surface area contributed by atoms with Crippen molar-refractivity contribution in [1.29, 1.82) is 0 Å². The van der Waals surface area contributed by atoms with E-state index in [1.165, 1.54) is 31.0 Å². The Kier molecular flexibility index (Phi) is 4.27. The van der Waals surface area contributed by atoms with Gasteiger partial charge in [0.25, 0.3) is 5.91 Å². The zero-order valence-corrected chi connectivity index (χ0v) is 11.1. The van der Waals surface area contributed by atoms with Crippen molar-refractivity contribution < 1.29 is 15.0 Å². The lowest BCUT2D eigenvalue weighted by Crippen LogP contribution is -2.44. The van der Waals surface area contributed by atoms with Crippen molar-refractivity contribution >= 4 is 5.91 Å². The predicted molar refractivity (Wildman–Crippen MR) is 72.4 cm³/mol. The molecule has 1 atom stereocenters. The summed E-state index contributed by atoms with van der Waals surface area (Å²) in [4.78, 5) is 14.2. The standard InChI is InChI=1S/C14H20N2O3/c1-16-7-3-2-4-10(16)9-15-14(19)12-6-5-11(17)8-13(12)18/h5-6,8,10,17-18H,2-4,7,9H2,1H3,(H,15,19). The minimum absolute atomic E-state index is 0.0546. The zero-order valence-electron chi connectivity index (χ0n) is 11.1. The van der Waals surface area contributed by atoms with Crippen LogP contribution in [0.25, 0.3) is 0 Å². The van der Waals surface area contributed by atoms with Crippen LogP contribution in [0.3, 0.4) is 0 Å². The molecule has 5 nitrogen and oxygen atoms in total. The van der Waals surface area contributed by atoms with E-state index in [2.05, 4.69) is 17.3 Å². The second kappa shape index (κ2) is 5.93. The number of nitrogens with one attached hydrogen (secondary N) is 1.